The largest absolute Gasteiger partial charge is 0.424 e. The van der Waals surface area contributed by atoms with Crippen LogP contribution in [-0.2, 0) is 11.3 Å². The minimum atomic E-state index is -0.799. The Morgan fingerprint density at radius 3 is 2.47 bits per heavy atom. The lowest BCUT2D eigenvalue weighted by Crippen LogP contribution is -2.46. The maximum atomic E-state index is 12.1. The number of benzene rings is 2. The Morgan fingerprint density at radius 2 is 1.75 bits per heavy atom. The highest BCUT2D eigenvalue weighted by atomic mass is 16.5. The minimum absolute atomic E-state index is 0.0935. The summed E-state index contributed by atoms with van der Waals surface area (Å²) in [6.45, 7) is 3.47. The number of likely N-dealkylation sites (tertiary alicyclic amines) is 2. The van der Waals surface area contributed by atoms with E-state index in [9.17, 15) is 9.90 Å². The molecule has 6 rings (SSSR count). The van der Waals surface area contributed by atoms with E-state index in [2.05, 4.69) is 49.3 Å². The normalized spacial score (nSPS) is 19.3. The first kappa shape index (κ1) is 22.6. The summed E-state index contributed by atoms with van der Waals surface area (Å²) in [7, 11) is 0. The number of hydrogen-bond donors (Lipinski definition) is 2. The van der Waals surface area contributed by atoms with Crippen LogP contribution in [0.4, 0.5) is 0 Å². The lowest BCUT2D eigenvalue weighted by Gasteiger charge is -2.36. The number of carbonyl (C=O) groups excluding carboxylic acids is 1. The Hall–Kier alpha value is -3.82. The van der Waals surface area contributed by atoms with Crippen LogP contribution in [0, 0.1) is 0 Å². The summed E-state index contributed by atoms with van der Waals surface area (Å²) in [4.78, 5) is 25.1. The van der Waals surface area contributed by atoms with Crippen molar-refractivity contribution in [3.63, 3.8) is 0 Å². The topological polar surface area (TPSA) is 107 Å². The summed E-state index contributed by atoms with van der Waals surface area (Å²) in [6.07, 6.45) is 6.78. The first-order valence-electron chi connectivity index (χ1n) is 12.4. The molecular weight excluding hydrogens is 456 g/mol. The van der Waals surface area contributed by atoms with Crippen molar-refractivity contribution in [2.75, 3.05) is 19.6 Å². The fourth-order valence-corrected chi connectivity index (χ4v) is 5.16. The highest BCUT2D eigenvalue weighted by Gasteiger charge is 2.35. The second-order valence-corrected chi connectivity index (χ2v) is 9.51. The molecule has 4 heterocycles. The second kappa shape index (κ2) is 9.67. The Kier molecular flexibility index (Phi) is 6.08. The zero-order valence-electron chi connectivity index (χ0n) is 19.9. The van der Waals surface area contributed by atoms with Gasteiger partial charge in [0, 0.05) is 56.4 Å². The molecule has 2 N–H and O–H groups in total. The first-order chi connectivity index (χ1) is 17.6. The van der Waals surface area contributed by atoms with E-state index in [1.807, 2.05) is 23.1 Å². The molecule has 9 heteroatoms. The number of fused-ring (bicyclic) bond motifs is 1. The van der Waals surface area contributed by atoms with E-state index in [-0.39, 0.29) is 11.9 Å². The van der Waals surface area contributed by atoms with E-state index >= 15 is 0 Å². The quantitative estimate of drug-likeness (QED) is 0.432. The maximum Gasteiger partial charge on any atom is 0.321 e. The zero-order valence-corrected chi connectivity index (χ0v) is 19.9. The molecule has 0 unspecified atom stereocenters. The van der Waals surface area contributed by atoms with Gasteiger partial charge in [0.15, 0.2) is 0 Å². The van der Waals surface area contributed by atoms with Gasteiger partial charge in [-0.2, -0.15) is 5.10 Å². The van der Waals surface area contributed by atoms with Crippen molar-refractivity contribution in [2.24, 2.45) is 0 Å². The molecule has 0 bridgehead atoms. The molecule has 4 aromatic rings. The molecule has 2 aliphatic heterocycles. The maximum absolute atomic E-state index is 12.1. The molecular formula is C27H28N6O3. The van der Waals surface area contributed by atoms with Gasteiger partial charge < -0.3 is 14.7 Å². The predicted molar refractivity (Wildman–Crippen MR) is 134 cm³/mol. The summed E-state index contributed by atoms with van der Waals surface area (Å²) in [5.41, 5.74) is 2.97. The van der Waals surface area contributed by atoms with Crippen molar-refractivity contribution in [3.05, 3.63) is 66.6 Å². The number of ether oxygens (including phenoxy) is 1. The third-order valence-electron chi connectivity index (χ3n) is 7.14. The molecule has 36 heavy (non-hydrogen) atoms. The zero-order chi connectivity index (χ0) is 24.5. The number of hydrogen-bond acceptors (Lipinski definition) is 7. The summed E-state index contributed by atoms with van der Waals surface area (Å²) >= 11 is 0. The summed E-state index contributed by atoms with van der Waals surface area (Å²) in [6, 6.07) is 14.9. The molecule has 2 fully saturated rings. The second-order valence-electron chi connectivity index (χ2n) is 9.51. The summed E-state index contributed by atoms with van der Waals surface area (Å²) < 4.78 is 5.88. The number of aromatic amines is 1. The van der Waals surface area contributed by atoms with Crippen molar-refractivity contribution in [1.82, 2.24) is 30.0 Å². The van der Waals surface area contributed by atoms with Crippen LogP contribution in [0.1, 0.15) is 24.8 Å². The van der Waals surface area contributed by atoms with Gasteiger partial charge in [0.25, 0.3) is 5.91 Å². The van der Waals surface area contributed by atoms with E-state index < -0.39 is 6.10 Å². The van der Waals surface area contributed by atoms with Gasteiger partial charge in [0.05, 0.1) is 5.69 Å². The highest BCUT2D eigenvalue weighted by Crippen LogP contribution is 2.27. The molecule has 1 atom stereocenters. The van der Waals surface area contributed by atoms with Crippen LogP contribution in [0.5, 0.6) is 11.8 Å². The van der Waals surface area contributed by atoms with Gasteiger partial charge in [0.1, 0.15) is 11.9 Å². The number of aromatic nitrogens is 4. The van der Waals surface area contributed by atoms with Gasteiger partial charge in [-0.1, -0.05) is 18.2 Å². The fourth-order valence-electron chi connectivity index (χ4n) is 5.16. The van der Waals surface area contributed by atoms with E-state index in [1.165, 1.54) is 5.56 Å². The van der Waals surface area contributed by atoms with Crippen molar-refractivity contribution in [1.29, 1.82) is 0 Å². The van der Waals surface area contributed by atoms with Crippen LogP contribution in [-0.4, -0.2) is 72.8 Å². The number of rotatable bonds is 6. The predicted octanol–water partition coefficient (Wildman–Crippen LogP) is 3.37. The van der Waals surface area contributed by atoms with Crippen molar-refractivity contribution in [2.45, 2.75) is 38.0 Å². The number of carbonyl (C=O) groups is 1. The average molecular weight is 485 g/mol. The van der Waals surface area contributed by atoms with Crippen molar-refractivity contribution < 1.29 is 14.6 Å². The SMILES string of the molecule is O=C1[C@@H](O)CCN1C1CCN(Cc2ccc3cc(Oc4ncc(-c5ccn[nH]5)cn4)ccc3c2)CC1. The number of piperidine rings is 1. The van der Waals surface area contributed by atoms with E-state index in [4.69, 9.17) is 4.74 Å². The van der Waals surface area contributed by atoms with Crippen LogP contribution < -0.4 is 4.74 Å². The summed E-state index contributed by atoms with van der Waals surface area (Å²) in [5.74, 6) is 0.595. The smallest absolute Gasteiger partial charge is 0.321 e. The molecule has 2 aromatic carbocycles. The number of aliphatic hydroxyl groups is 1. The third-order valence-corrected chi connectivity index (χ3v) is 7.14. The monoisotopic (exact) mass is 484 g/mol. The van der Waals surface area contributed by atoms with Gasteiger partial charge in [0.2, 0.25) is 0 Å². The van der Waals surface area contributed by atoms with Crippen LogP contribution in [0.25, 0.3) is 22.0 Å². The molecule has 184 valence electrons. The van der Waals surface area contributed by atoms with Crippen LogP contribution >= 0.6 is 0 Å². The number of amides is 1. The highest BCUT2D eigenvalue weighted by molar-refractivity contribution is 5.84. The molecule has 2 saturated heterocycles. The molecule has 0 spiro atoms. The lowest BCUT2D eigenvalue weighted by molar-refractivity contribution is -0.137. The number of nitrogens with one attached hydrogen (secondary N) is 1. The van der Waals surface area contributed by atoms with Crippen molar-refractivity contribution in [3.8, 4) is 23.0 Å². The van der Waals surface area contributed by atoms with Gasteiger partial charge in [-0.25, -0.2) is 9.97 Å². The number of H-pyrrole nitrogens is 1. The number of nitrogens with zero attached hydrogens (tertiary/aromatic N) is 5. The van der Waals surface area contributed by atoms with Gasteiger partial charge in [-0.3, -0.25) is 14.8 Å². The van der Waals surface area contributed by atoms with Crippen LogP contribution in [0.15, 0.2) is 61.1 Å². The average Bonchev–Trinajstić information content (AvgIpc) is 3.56. The van der Waals surface area contributed by atoms with E-state index in [0.29, 0.717) is 24.7 Å². The molecule has 0 saturated carbocycles. The Morgan fingerprint density at radius 1 is 0.972 bits per heavy atom. The Bertz CT molecular complexity index is 1350. The fraction of sp³-hybridized carbons (Fsp3) is 0.333. The van der Waals surface area contributed by atoms with Gasteiger partial charge in [-0.05, 0) is 59.9 Å². The molecule has 0 radical (unpaired) electrons. The minimum Gasteiger partial charge on any atom is -0.424 e. The lowest BCUT2D eigenvalue weighted by atomic mass is 10.0. The molecule has 9 nitrogen and oxygen atoms in total. The number of aliphatic hydroxyl groups excluding tert-OH is 1. The van der Waals surface area contributed by atoms with Gasteiger partial charge >= 0.3 is 6.01 Å². The third kappa shape index (κ3) is 4.67. The van der Waals surface area contributed by atoms with Crippen LogP contribution in [0.2, 0.25) is 0 Å². The van der Waals surface area contributed by atoms with E-state index in [1.54, 1.807) is 18.6 Å². The van der Waals surface area contributed by atoms with Gasteiger partial charge in [-0.15, -0.1) is 0 Å². The van der Waals surface area contributed by atoms with E-state index in [0.717, 1.165) is 54.5 Å². The molecule has 0 aliphatic carbocycles. The summed E-state index contributed by atoms with van der Waals surface area (Å²) in [5, 5.41) is 18.8. The standard InChI is InChI=1S/C27H28N6O3/c34-25-8-12-33(26(25)35)22-6-10-32(11-7-22)17-18-1-2-20-14-23(4-3-19(20)13-18)36-27-28-15-21(16-29-27)24-5-9-30-31-24/h1-5,9,13-16,22,25,34H,6-8,10-12,17H2,(H,30,31)/t25-/m0/s1. The molecule has 2 aromatic heterocycles. The first-order valence-corrected chi connectivity index (χ1v) is 12.4. The molecule has 1 amide bonds. The Labute approximate surface area is 208 Å². The van der Waals surface area contributed by atoms with Crippen LogP contribution in [0.3, 0.4) is 0 Å². The molecule has 2 aliphatic rings. The van der Waals surface area contributed by atoms with Crippen molar-refractivity contribution >= 4 is 16.7 Å². The Balaban J connectivity index is 1.07.